The van der Waals surface area contributed by atoms with Crippen molar-refractivity contribution in [3.63, 3.8) is 0 Å². The third-order valence-corrected chi connectivity index (χ3v) is 3.99. The summed E-state index contributed by atoms with van der Waals surface area (Å²) in [6.45, 7) is 6.73. The predicted molar refractivity (Wildman–Crippen MR) is 76.9 cm³/mol. The van der Waals surface area contributed by atoms with E-state index in [2.05, 4.69) is 20.6 Å². The number of hydrazine groups is 1. The second-order valence-corrected chi connectivity index (χ2v) is 5.21. The van der Waals surface area contributed by atoms with Gasteiger partial charge in [-0.25, -0.2) is 5.84 Å². The van der Waals surface area contributed by atoms with E-state index in [0.29, 0.717) is 12.1 Å². The van der Waals surface area contributed by atoms with E-state index in [4.69, 9.17) is 10.6 Å². The highest BCUT2D eigenvalue weighted by Gasteiger charge is 2.37. The lowest BCUT2D eigenvalue weighted by molar-refractivity contribution is 0.146. The molecule has 19 heavy (non-hydrogen) atoms. The summed E-state index contributed by atoms with van der Waals surface area (Å²) in [5, 5.41) is 3.46. The number of hydrogen-bond acceptors (Lipinski definition) is 4. The molecule has 2 fully saturated rings. The Morgan fingerprint density at radius 2 is 2.32 bits per heavy atom. The van der Waals surface area contributed by atoms with E-state index in [9.17, 15) is 0 Å². The molecule has 0 aromatic heterocycles. The number of nitrogens with two attached hydrogens (primary N) is 1. The monoisotopic (exact) mass is 269 g/mol. The fourth-order valence-corrected chi connectivity index (χ4v) is 3.06. The molecule has 0 radical (unpaired) electrons. The van der Waals surface area contributed by atoms with Crippen molar-refractivity contribution in [1.29, 1.82) is 0 Å². The van der Waals surface area contributed by atoms with Crippen LogP contribution in [0.5, 0.6) is 0 Å². The molecule has 2 aliphatic heterocycles. The molecule has 6 nitrogen and oxygen atoms in total. The minimum atomic E-state index is 0.490. The average Bonchev–Trinajstić information content (AvgIpc) is 3.01. The molecule has 0 aliphatic carbocycles. The fraction of sp³-hybridized carbons (Fsp3) is 0.923. The summed E-state index contributed by atoms with van der Waals surface area (Å²) in [7, 11) is 0. The van der Waals surface area contributed by atoms with Crippen LogP contribution in [0, 0.1) is 0 Å². The van der Waals surface area contributed by atoms with Crippen LogP contribution in [0.15, 0.2) is 4.99 Å². The minimum absolute atomic E-state index is 0.490. The van der Waals surface area contributed by atoms with Gasteiger partial charge in [-0.3, -0.25) is 15.3 Å². The van der Waals surface area contributed by atoms with Crippen LogP contribution < -0.4 is 16.6 Å². The van der Waals surface area contributed by atoms with Gasteiger partial charge in [0.1, 0.15) is 0 Å². The van der Waals surface area contributed by atoms with Crippen LogP contribution in [-0.2, 0) is 4.74 Å². The van der Waals surface area contributed by atoms with Crippen LogP contribution in [0.4, 0.5) is 0 Å². The molecule has 2 heterocycles. The zero-order valence-corrected chi connectivity index (χ0v) is 11.9. The van der Waals surface area contributed by atoms with Crippen molar-refractivity contribution in [2.75, 3.05) is 32.8 Å². The molecule has 0 saturated carbocycles. The summed E-state index contributed by atoms with van der Waals surface area (Å²) >= 11 is 0. The van der Waals surface area contributed by atoms with Gasteiger partial charge in [-0.2, -0.15) is 0 Å². The maximum absolute atomic E-state index is 5.54. The first-order valence-corrected chi connectivity index (χ1v) is 7.44. The van der Waals surface area contributed by atoms with Crippen molar-refractivity contribution in [3.8, 4) is 0 Å². The number of hydrogen-bond donors (Lipinski definition) is 3. The van der Waals surface area contributed by atoms with Gasteiger partial charge in [0.25, 0.3) is 0 Å². The van der Waals surface area contributed by atoms with E-state index in [1.165, 1.54) is 32.4 Å². The van der Waals surface area contributed by atoms with Crippen molar-refractivity contribution >= 4 is 5.96 Å². The summed E-state index contributed by atoms with van der Waals surface area (Å²) < 4.78 is 5.29. The van der Waals surface area contributed by atoms with Crippen LogP contribution in [0.3, 0.4) is 0 Å². The number of nitrogens with one attached hydrogen (secondary N) is 2. The predicted octanol–water partition coefficient (Wildman–Crippen LogP) is 0.0586. The van der Waals surface area contributed by atoms with Crippen molar-refractivity contribution in [2.45, 2.75) is 44.7 Å². The first-order chi connectivity index (χ1) is 9.35. The first-order valence-electron chi connectivity index (χ1n) is 7.44. The van der Waals surface area contributed by atoms with Crippen molar-refractivity contribution in [3.05, 3.63) is 0 Å². The Kier molecular flexibility index (Phi) is 5.88. The van der Waals surface area contributed by atoms with Gasteiger partial charge in [-0.15, -0.1) is 0 Å². The fourth-order valence-electron chi connectivity index (χ4n) is 3.06. The van der Waals surface area contributed by atoms with Crippen molar-refractivity contribution < 1.29 is 4.74 Å². The molecule has 0 bridgehead atoms. The highest BCUT2D eigenvalue weighted by Crippen LogP contribution is 2.27. The average molecular weight is 269 g/mol. The van der Waals surface area contributed by atoms with Gasteiger partial charge in [0.05, 0.1) is 0 Å². The highest BCUT2D eigenvalue weighted by atomic mass is 16.5. The number of nitrogens with zero attached hydrogens (tertiary/aromatic N) is 2. The lowest BCUT2D eigenvalue weighted by Gasteiger charge is -2.22. The van der Waals surface area contributed by atoms with Gasteiger partial charge in [0, 0.05) is 38.4 Å². The second-order valence-electron chi connectivity index (χ2n) is 5.21. The summed E-state index contributed by atoms with van der Waals surface area (Å²) in [5.41, 5.74) is 2.68. The van der Waals surface area contributed by atoms with Crippen molar-refractivity contribution in [1.82, 2.24) is 15.6 Å². The Labute approximate surface area is 115 Å². The van der Waals surface area contributed by atoms with Crippen LogP contribution in [0.25, 0.3) is 0 Å². The molecule has 0 amide bonds. The zero-order valence-electron chi connectivity index (χ0n) is 11.9. The molecule has 2 unspecified atom stereocenters. The molecule has 2 saturated heterocycles. The van der Waals surface area contributed by atoms with E-state index in [-0.39, 0.29) is 0 Å². The first kappa shape index (κ1) is 14.6. The standard InChI is InChI=1S/C13H27N5O/c1-2-19-10-4-7-15-13(17-14)16-11-6-9-18-8-3-5-12(11)18/h11-12H,2-10,14H2,1H3,(H2,15,16,17). The molecule has 6 heteroatoms. The van der Waals surface area contributed by atoms with Crippen LogP contribution in [0.1, 0.15) is 32.6 Å². The third kappa shape index (κ3) is 4.06. The second kappa shape index (κ2) is 7.67. The molecular weight excluding hydrogens is 242 g/mol. The smallest absolute Gasteiger partial charge is 0.206 e. The molecule has 2 atom stereocenters. The summed E-state index contributed by atoms with van der Waals surface area (Å²) in [5.74, 6) is 6.26. The van der Waals surface area contributed by atoms with Gasteiger partial charge in [-0.1, -0.05) is 0 Å². The highest BCUT2D eigenvalue weighted by molar-refractivity contribution is 5.79. The van der Waals surface area contributed by atoms with E-state index in [1.807, 2.05) is 6.92 Å². The van der Waals surface area contributed by atoms with E-state index < -0.39 is 0 Å². The molecular formula is C13H27N5O. The number of aliphatic imine (C=N–C) groups is 1. The topological polar surface area (TPSA) is 74.9 Å². The quantitative estimate of drug-likeness (QED) is 0.209. The lowest BCUT2D eigenvalue weighted by Crippen LogP contribution is -2.50. The summed E-state index contributed by atoms with van der Waals surface area (Å²) in [4.78, 5) is 7.03. The summed E-state index contributed by atoms with van der Waals surface area (Å²) in [6, 6.07) is 1.16. The van der Waals surface area contributed by atoms with Gasteiger partial charge in [0.15, 0.2) is 0 Å². The molecule has 2 rings (SSSR count). The number of rotatable bonds is 6. The zero-order chi connectivity index (χ0) is 13.5. The maximum atomic E-state index is 5.54. The van der Waals surface area contributed by atoms with Gasteiger partial charge >= 0.3 is 0 Å². The van der Waals surface area contributed by atoms with Gasteiger partial charge < -0.3 is 10.1 Å². The SMILES string of the molecule is CCOCCCN=C(NN)NC1CCN2CCCC12. The molecule has 110 valence electrons. The molecule has 0 aromatic rings. The maximum Gasteiger partial charge on any atom is 0.206 e. The Morgan fingerprint density at radius 1 is 1.42 bits per heavy atom. The Bertz CT molecular complexity index is 297. The van der Waals surface area contributed by atoms with E-state index in [0.717, 1.165) is 32.1 Å². The Morgan fingerprint density at radius 3 is 3.11 bits per heavy atom. The number of guanidine groups is 1. The Balaban J connectivity index is 1.73. The normalized spacial score (nSPS) is 27.6. The van der Waals surface area contributed by atoms with Crippen LogP contribution in [0.2, 0.25) is 0 Å². The minimum Gasteiger partial charge on any atom is -0.382 e. The summed E-state index contributed by atoms with van der Waals surface area (Å²) in [6.07, 6.45) is 4.73. The van der Waals surface area contributed by atoms with Gasteiger partial charge in [-0.05, 0) is 39.2 Å². The number of fused-ring (bicyclic) bond motifs is 1. The molecule has 0 spiro atoms. The third-order valence-electron chi connectivity index (χ3n) is 3.99. The van der Waals surface area contributed by atoms with E-state index >= 15 is 0 Å². The van der Waals surface area contributed by atoms with Crippen LogP contribution in [-0.4, -0.2) is 55.8 Å². The van der Waals surface area contributed by atoms with Crippen LogP contribution >= 0.6 is 0 Å². The molecule has 0 aromatic carbocycles. The van der Waals surface area contributed by atoms with Crippen molar-refractivity contribution in [2.24, 2.45) is 10.8 Å². The lowest BCUT2D eigenvalue weighted by atomic mass is 10.1. The number of ether oxygens (including phenoxy) is 1. The van der Waals surface area contributed by atoms with E-state index in [1.54, 1.807) is 0 Å². The molecule has 4 N–H and O–H groups in total. The largest absolute Gasteiger partial charge is 0.382 e. The molecule has 2 aliphatic rings. The Hall–Kier alpha value is -0.850. The van der Waals surface area contributed by atoms with Gasteiger partial charge in [0.2, 0.25) is 5.96 Å².